The number of fused-ring (bicyclic) bond motifs is 1. The summed E-state index contributed by atoms with van der Waals surface area (Å²) in [5.41, 5.74) is 0. The molecule has 0 spiro atoms. The van der Waals surface area contributed by atoms with E-state index in [0.29, 0.717) is 17.9 Å². The molecule has 12 heavy (non-hydrogen) atoms. The van der Waals surface area contributed by atoms with Crippen LogP contribution in [0.3, 0.4) is 0 Å². The monoisotopic (exact) mass is 185 g/mol. The van der Waals surface area contributed by atoms with Gasteiger partial charge in [-0.3, -0.25) is 14.9 Å². The Bertz CT molecular complexity index is 285. The third-order valence-corrected chi connectivity index (χ3v) is 2.72. The summed E-state index contributed by atoms with van der Waals surface area (Å²) in [5.74, 6) is -0.698. The van der Waals surface area contributed by atoms with Crippen LogP contribution in [0.25, 0.3) is 0 Å². The van der Waals surface area contributed by atoms with Crippen molar-refractivity contribution < 1.29 is 9.59 Å². The first-order valence-electron chi connectivity index (χ1n) is 3.87. The predicted molar refractivity (Wildman–Crippen MR) is 43.3 cm³/mol. The molecule has 0 aromatic rings. The molecule has 0 bridgehead atoms. The van der Waals surface area contributed by atoms with Crippen LogP contribution in [0.1, 0.15) is 12.8 Å². The second-order valence-electron chi connectivity index (χ2n) is 3.16. The Morgan fingerprint density at radius 3 is 2.75 bits per heavy atom. The Labute approximate surface area is 74.8 Å². The first-order valence-corrected chi connectivity index (χ1v) is 4.25. The molecule has 0 saturated carbocycles. The normalized spacial score (nSPS) is 34.2. The van der Waals surface area contributed by atoms with Crippen molar-refractivity contribution in [1.82, 2.24) is 5.32 Å². The lowest BCUT2D eigenvalue weighted by Gasteiger charge is -2.17. The molecule has 0 aromatic carbocycles. The minimum Gasteiger partial charge on any atom is -0.296 e. The third-order valence-electron chi connectivity index (χ3n) is 2.41. The first-order chi connectivity index (χ1) is 5.68. The van der Waals surface area contributed by atoms with Gasteiger partial charge in [0.1, 0.15) is 0 Å². The molecule has 2 rings (SSSR count). The number of imide groups is 1. The fraction of sp³-hybridized carbons (Fsp3) is 0.500. The molecule has 64 valence electrons. The van der Waals surface area contributed by atoms with Gasteiger partial charge in [0.2, 0.25) is 11.8 Å². The number of carbonyl (C=O) groups excluding carboxylic acids is 2. The van der Waals surface area contributed by atoms with Crippen molar-refractivity contribution in [2.75, 3.05) is 0 Å². The van der Waals surface area contributed by atoms with Gasteiger partial charge in [0.15, 0.2) is 0 Å². The second kappa shape index (κ2) is 2.59. The Kier molecular flexibility index (Phi) is 1.68. The van der Waals surface area contributed by atoms with Gasteiger partial charge in [0.25, 0.3) is 0 Å². The maximum absolute atomic E-state index is 11.1. The Morgan fingerprint density at radius 2 is 2.00 bits per heavy atom. The highest BCUT2D eigenvalue weighted by Crippen LogP contribution is 2.34. The standard InChI is InChI=1S/C8H8ClNO2/c9-4-1-2-5-6(3-4)8(12)10-7(5)11/h1,5-6H,2-3H2,(H,10,11,12)/t5-,6+/m1/s1. The lowest BCUT2D eigenvalue weighted by Crippen LogP contribution is -2.22. The number of carbonyl (C=O) groups is 2. The average molecular weight is 186 g/mol. The van der Waals surface area contributed by atoms with Gasteiger partial charge in [0, 0.05) is 5.03 Å². The molecule has 2 atom stereocenters. The zero-order chi connectivity index (χ0) is 8.72. The smallest absolute Gasteiger partial charge is 0.230 e. The Hall–Kier alpha value is -0.830. The van der Waals surface area contributed by atoms with Crippen molar-refractivity contribution in [3.05, 3.63) is 11.1 Å². The number of amides is 2. The molecule has 1 fully saturated rings. The molecular weight excluding hydrogens is 178 g/mol. The van der Waals surface area contributed by atoms with Gasteiger partial charge in [-0.15, -0.1) is 0 Å². The Morgan fingerprint density at radius 1 is 1.33 bits per heavy atom. The van der Waals surface area contributed by atoms with Crippen LogP contribution in [0.2, 0.25) is 0 Å². The van der Waals surface area contributed by atoms with E-state index >= 15 is 0 Å². The van der Waals surface area contributed by atoms with E-state index in [4.69, 9.17) is 11.6 Å². The first kappa shape index (κ1) is 7.80. The molecule has 4 heteroatoms. The largest absolute Gasteiger partial charge is 0.296 e. The van der Waals surface area contributed by atoms with Crippen molar-refractivity contribution in [3.8, 4) is 0 Å². The van der Waals surface area contributed by atoms with Crippen molar-refractivity contribution in [2.24, 2.45) is 11.8 Å². The number of rotatable bonds is 0. The summed E-state index contributed by atoms with van der Waals surface area (Å²) in [6.07, 6.45) is 2.94. The summed E-state index contributed by atoms with van der Waals surface area (Å²) in [5, 5.41) is 3.00. The van der Waals surface area contributed by atoms with Crippen LogP contribution in [0, 0.1) is 11.8 Å². The van der Waals surface area contributed by atoms with Gasteiger partial charge < -0.3 is 0 Å². The molecule has 3 nitrogen and oxygen atoms in total. The summed E-state index contributed by atoms with van der Waals surface area (Å²) < 4.78 is 0. The van der Waals surface area contributed by atoms with E-state index in [2.05, 4.69) is 5.32 Å². The summed E-state index contributed by atoms with van der Waals surface area (Å²) >= 11 is 5.77. The molecular formula is C8H8ClNO2. The van der Waals surface area contributed by atoms with Crippen molar-refractivity contribution in [2.45, 2.75) is 12.8 Å². The van der Waals surface area contributed by atoms with Crippen LogP contribution in [-0.2, 0) is 9.59 Å². The maximum atomic E-state index is 11.1. The fourth-order valence-corrected chi connectivity index (χ4v) is 1.98. The third kappa shape index (κ3) is 1.05. The van der Waals surface area contributed by atoms with Gasteiger partial charge >= 0.3 is 0 Å². The molecule has 2 amide bonds. The Balaban J connectivity index is 2.27. The molecule has 1 aliphatic carbocycles. The number of hydrogen-bond acceptors (Lipinski definition) is 2. The van der Waals surface area contributed by atoms with E-state index in [1.54, 1.807) is 0 Å². The maximum Gasteiger partial charge on any atom is 0.230 e. The highest BCUT2D eigenvalue weighted by Gasteiger charge is 2.42. The molecule has 0 radical (unpaired) electrons. The van der Waals surface area contributed by atoms with Gasteiger partial charge in [-0.05, 0) is 12.8 Å². The SMILES string of the molecule is O=C1NC(=O)[C@@H]2CC=C(Cl)C[C@H]12. The molecule has 1 aliphatic heterocycles. The van der Waals surface area contributed by atoms with Crippen LogP contribution in [0.4, 0.5) is 0 Å². The van der Waals surface area contributed by atoms with Crippen molar-refractivity contribution in [3.63, 3.8) is 0 Å². The van der Waals surface area contributed by atoms with E-state index in [-0.39, 0.29) is 23.7 Å². The zero-order valence-corrected chi connectivity index (χ0v) is 7.10. The highest BCUT2D eigenvalue weighted by molar-refractivity contribution is 6.30. The molecule has 1 saturated heterocycles. The van der Waals surface area contributed by atoms with E-state index in [1.165, 1.54) is 0 Å². The van der Waals surface area contributed by atoms with E-state index in [9.17, 15) is 9.59 Å². The van der Waals surface area contributed by atoms with Gasteiger partial charge in [-0.1, -0.05) is 17.7 Å². The minimum atomic E-state index is -0.213. The van der Waals surface area contributed by atoms with Crippen LogP contribution in [-0.4, -0.2) is 11.8 Å². The molecule has 1 heterocycles. The number of nitrogens with one attached hydrogen (secondary N) is 1. The summed E-state index contributed by atoms with van der Waals surface area (Å²) in [6.45, 7) is 0. The fourth-order valence-electron chi connectivity index (χ4n) is 1.73. The summed E-state index contributed by atoms with van der Waals surface area (Å²) in [4.78, 5) is 22.3. The van der Waals surface area contributed by atoms with Crippen molar-refractivity contribution >= 4 is 23.4 Å². The minimum absolute atomic E-state index is 0.148. The van der Waals surface area contributed by atoms with Crippen LogP contribution in [0.15, 0.2) is 11.1 Å². The summed E-state index contributed by atoms with van der Waals surface area (Å²) in [6, 6.07) is 0. The topological polar surface area (TPSA) is 46.2 Å². The van der Waals surface area contributed by atoms with Gasteiger partial charge in [0.05, 0.1) is 11.8 Å². The number of allylic oxidation sites excluding steroid dienone is 2. The molecule has 0 unspecified atom stereocenters. The number of hydrogen-bond donors (Lipinski definition) is 1. The van der Waals surface area contributed by atoms with Crippen LogP contribution < -0.4 is 5.32 Å². The van der Waals surface area contributed by atoms with E-state index in [0.717, 1.165) is 0 Å². The van der Waals surface area contributed by atoms with Crippen molar-refractivity contribution in [1.29, 1.82) is 0 Å². The average Bonchev–Trinajstić information content (AvgIpc) is 2.28. The van der Waals surface area contributed by atoms with Crippen LogP contribution in [0.5, 0.6) is 0 Å². The highest BCUT2D eigenvalue weighted by atomic mass is 35.5. The predicted octanol–water partition coefficient (Wildman–Crippen LogP) is 0.792. The van der Waals surface area contributed by atoms with Crippen LogP contribution >= 0.6 is 11.6 Å². The second-order valence-corrected chi connectivity index (χ2v) is 3.64. The molecule has 1 N–H and O–H groups in total. The van der Waals surface area contributed by atoms with Gasteiger partial charge in [-0.2, -0.15) is 0 Å². The van der Waals surface area contributed by atoms with E-state index < -0.39 is 0 Å². The van der Waals surface area contributed by atoms with E-state index in [1.807, 2.05) is 6.08 Å². The summed E-state index contributed by atoms with van der Waals surface area (Å²) in [7, 11) is 0. The lowest BCUT2D eigenvalue weighted by atomic mass is 9.85. The zero-order valence-electron chi connectivity index (χ0n) is 6.34. The molecule has 0 aromatic heterocycles. The lowest BCUT2D eigenvalue weighted by molar-refractivity contribution is -0.126. The quantitative estimate of drug-likeness (QED) is 0.568. The number of halogens is 1. The van der Waals surface area contributed by atoms with Gasteiger partial charge in [-0.25, -0.2) is 0 Å². The molecule has 2 aliphatic rings.